The van der Waals surface area contributed by atoms with Gasteiger partial charge in [0.2, 0.25) is 5.91 Å². The van der Waals surface area contributed by atoms with E-state index in [1.807, 2.05) is 49.4 Å². The van der Waals surface area contributed by atoms with Crippen LogP contribution in [-0.2, 0) is 9.53 Å². The van der Waals surface area contributed by atoms with E-state index < -0.39 is 18.3 Å². The molecule has 0 bridgehead atoms. The Morgan fingerprint density at radius 3 is 2.27 bits per heavy atom. The molecular weight excluding hydrogens is 558 g/mol. The summed E-state index contributed by atoms with van der Waals surface area (Å²) in [5.41, 5.74) is 9.29. The Morgan fingerprint density at radius 1 is 0.864 bits per heavy atom. The van der Waals surface area contributed by atoms with Gasteiger partial charge in [0.1, 0.15) is 24.2 Å². The smallest absolute Gasteiger partial charge is 0.412 e. The van der Waals surface area contributed by atoms with Crippen LogP contribution in [0, 0.1) is 6.92 Å². The zero-order valence-electron chi connectivity index (χ0n) is 24.5. The highest BCUT2D eigenvalue weighted by molar-refractivity contribution is 6.01. The molecule has 0 aliphatic carbocycles. The van der Waals surface area contributed by atoms with Gasteiger partial charge in [0.15, 0.2) is 6.10 Å². The minimum atomic E-state index is -0.820. The highest BCUT2D eigenvalue weighted by Crippen LogP contribution is 2.30. The summed E-state index contributed by atoms with van der Waals surface area (Å²) < 4.78 is 17.9. The standard InChI is InChI=1S/C35H37N3O6/c1-25-15-19-27(20-16-25)37-35(41)44-34(26-17-21-28(22-18-26)42-24-23-39)32(43-29-9-3-2-4-10-29)13-7-8-14-33(40)38-31-12-6-5-11-30(31)36/h2-6,8-12,14-22,32,34,39H,7,13,23-24,36H2,1H3,(H,37,41)(H,38,40)/b14-8+/t32-,34-/m0/s1. The van der Waals surface area contributed by atoms with Gasteiger partial charge in [0, 0.05) is 5.69 Å². The summed E-state index contributed by atoms with van der Waals surface area (Å²) in [6, 6.07) is 30.8. The van der Waals surface area contributed by atoms with Gasteiger partial charge in [-0.15, -0.1) is 0 Å². The lowest BCUT2D eigenvalue weighted by Crippen LogP contribution is -2.31. The molecule has 228 valence electrons. The van der Waals surface area contributed by atoms with Crippen molar-refractivity contribution in [3.63, 3.8) is 0 Å². The minimum absolute atomic E-state index is 0.107. The second-order valence-corrected chi connectivity index (χ2v) is 9.98. The molecular formula is C35H37N3O6. The van der Waals surface area contributed by atoms with E-state index in [1.54, 1.807) is 66.7 Å². The number of nitrogens with two attached hydrogens (primary N) is 1. The maximum Gasteiger partial charge on any atom is 0.412 e. The summed E-state index contributed by atoms with van der Waals surface area (Å²) >= 11 is 0. The quantitative estimate of drug-likeness (QED) is 0.0947. The van der Waals surface area contributed by atoms with Crippen LogP contribution in [0.4, 0.5) is 21.9 Å². The molecule has 0 aliphatic heterocycles. The van der Waals surface area contributed by atoms with Gasteiger partial charge in [-0.25, -0.2) is 4.79 Å². The molecule has 0 radical (unpaired) electrons. The predicted molar refractivity (Wildman–Crippen MR) is 172 cm³/mol. The predicted octanol–water partition coefficient (Wildman–Crippen LogP) is 6.66. The van der Waals surface area contributed by atoms with E-state index in [0.717, 1.165) is 5.56 Å². The number of carbonyl (C=O) groups excluding carboxylic acids is 2. The molecule has 2 amide bonds. The van der Waals surface area contributed by atoms with Crippen LogP contribution in [0.2, 0.25) is 0 Å². The molecule has 0 aromatic heterocycles. The van der Waals surface area contributed by atoms with E-state index in [1.165, 1.54) is 6.08 Å². The summed E-state index contributed by atoms with van der Waals surface area (Å²) in [4.78, 5) is 25.7. The van der Waals surface area contributed by atoms with Crippen molar-refractivity contribution >= 4 is 29.1 Å². The molecule has 9 heteroatoms. The minimum Gasteiger partial charge on any atom is -0.491 e. The first-order valence-corrected chi connectivity index (χ1v) is 14.3. The van der Waals surface area contributed by atoms with Gasteiger partial charge in [0.25, 0.3) is 0 Å². The average Bonchev–Trinajstić information content (AvgIpc) is 3.03. The lowest BCUT2D eigenvalue weighted by Gasteiger charge is -2.28. The number of hydrogen-bond acceptors (Lipinski definition) is 7. The number of nitrogens with one attached hydrogen (secondary N) is 2. The summed E-state index contributed by atoms with van der Waals surface area (Å²) in [6.07, 6.45) is 1.96. The highest BCUT2D eigenvalue weighted by atomic mass is 16.6. The van der Waals surface area contributed by atoms with Crippen LogP contribution in [0.1, 0.15) is 30.1 Å². The van der Waals surface area contributed by atoms with Crippen LogP contribution in [0.15, 0.2) is 115 Å². The first-order valence-electron chi connectivity index (χ1n) is 14.3. The summed E-state index contributed by atoms with van der Waals surface area (Å²) in [7, 11) is 0. The molecule has 0 unspecified atom stereocenters. The molecule has 5 N–H and O–H groups in total. The van der Waals surface area contributed by atoms with Crippen LogP contribution in [-0.4, -0.2) is 36.4 Å². The Kier molecular flexibility index (Phi) is 11.8. The van der Waals surface area contributed by atoms with Crippen molar-refractivity contribution in [3.8, 4) is 11.5 Å². The molecule has 4 aromatic carbocycles. The van der Waals surface area contributed by atoms with Crippen molar-refractivity contribution < 1.29 is 28.9 Å². The van der Waals surface area contributed by atoms with Crippen LogP contribution < -0.4 is 25.8 Å². The van der Waals surface area contributed by atoms with Gasteiger partial charge in [-0.2, -0.15) is 0 Å². The van der Waals surface area contributed by atoms with Gasteiger partial charge in [-0.3, -0.25) is 10.1 Å². The number of carbonyl (C=O) groups is 2. The van der Waals surface area contributed by atoms with E-state index in [9.17, 15) is 9.59 Å². The molecule has 0 fully saturated rings. The number of aryl methyl sites for hydroxylation is 1. The largest absolute Gasteiger partial charge is 0.491 e. The van der Waals surface area contributed by atoms with E-state index in [0.29, 0.717) is 47.0 Å². The lowest BCUT2D eigenvalue weighted by molar-refractivity contribution is -0.111. The Labute approximate surface area is 257 Å². The van der Waals surface area contributed by atoms with Crippen LogP contribution in [0.5, 0.6) is 11.5 Å². The number of para-hydroxylation sites is 3. The first-order chi connectivity index (χ1) is 21.4. The molecule has 0 heterocycles. The van der Waals surface area contributed by atoms with Gasteiger partial charge in [-0.1, -0.05) is 66.2 Å². The van der Waals surface area contributed by atoms with Gasteiger partial charge >= 0.3 is 6.09 Å². The normalized spacial score (nSPS) is 12.2. The highest BCUT2D eigenvalue weighted by Gasteiger charge is 2.29. The number of amides is 2. The number of nitrogen functional groups attached to an aromatic ring is 1. The number of hydrogen-bond donors (Lipinski definition) is 4. The summed E-state index contributed by atoms with van der Waals surface area (Å²) in [6.45, 7) is 2.02. The zero-order chi connectivity index (χ0) is 31.1. The van der Waals surface area contributed by atoms with Crippen molar-refractivity contribution in [2.75, 3.05) is 29.6 Å². The summed E-state index contributed by atoms with van der Waals surface area (Å²) in [5.74, 6) is 0.862. The van der Waals surface area contributed by atoms with Crippen LogP contribution >= 0.6 is 0 Å². The molecule has 0 saturated carbocycles. The monoisotopic (exact) mass is 595 g/mol. The van der Waals surface area contributed by atoms with Gasteiger partial charge < -0.3 is 30.4 Å². The number of allylic oxidation sites excluding steroid dienone is 1. The third kappa shape index (κ3) is 9.92. The lowest BCUT2D eigenvalue weighted by atomic mass is 10.00. The summed E-state index contributed by atoms with van der Waals surface area (Å²) in [5, 5.41) is 14.7. The van der Waals surface area contributed by atoms with E-state index in [-0.39, 0.29) is 19.1 Å². The van der Waals surface area contributed by atoms with Crippen molar-refractivity contribution in [3.05, 3.63) is 126 Å². The Hall–Kier alpha value is -5.28. The Bertz CT molecular complexity index is 1510. The molecule has 2 atom stereocenters. The maximum absolute atomic E-state index is 13.1. The number of anilines is 3. The molecule has 0 aliphatic rings. The molecule has 4 aromatic rings. The van der Waals surface area contributed by atoms with E-state index in [2.05, 4.69) is 10.6 Å². The Balaban J connectivity index is 1.54. The SMILES string of the molecule is Cc1ccc(NC(=O)O[C@@H](c2ccc(OCCO)cc2)[C@H](CC/C=C/C(=O)Nc2ccccc2N)Oc2ccccc2)cc1. The fourth-order valence-corrected chi connectivity index (χ4v) is 4.36. The zero-order valence-corrected chi connectivity index (χ0v) is 24.5. The molecule has 44 heavy (non-hydrogen) atoms. The second kappa shape index (κ2) is 16.4. The van der Waals surface area contributed by atoms with Crippen LogP contribution in [0.25, 0.3) is 0 Å². The average molecular weight is 596 g/mol. The number of aliphatic hydroxyl groups is 1. The molecule has 0 saturated heterocycles. The molecule has 4 rings (SSSR count). The van der Waals surface area contributed by atoms with E-state index >= 15 is 0 Å². The number of aliphatic hydroxyl groups excluding tert-OH is 1. The molecule has 9 nitrogen and oxygen atoms in total. The van der Waals surface area contributed by atoms with Crippen molar-refractivity contribution in [1.29, 1.82) is 0 Å². The third-order valence-electron chi connectivity index (χ3n) is 6.57. The fourth-order valence-electron chi connectivity index (χ4n) is 4.36. The van der Waals surface area contributed by atoms with Crippen molar-refractivity contribution in [1.82, 2.24) is 0 Å². The maximum atomic E-state index is 13.1. The number of rotatable bonds is 14. The first kappa shape index (κ1) is 31.7. The van der Waals surface area contributed by atoms with Crippen molar-refractivity contribution in [2.45, 2.75) is 32.0 Å². The van der Waals surface area contributed by atoms with Crippen LogP contribution in [0.3, 0.4) is 0 Å². The topological polar surface area (TPSA) is 132 Å². The second-order valence-electron chi connectivity index (χ2n) is 9.98. The van der Waals surface area contributed by atoms with Gasteiger partial charge in [-0.05, 0) is 79.9 Å². The number of ether oxygens (including phenoxy) is 3. The fraction of sp³-hybridized carbons (Fsp3) is 0.200. The number of benzene rings is 4. The van der Waals surface area contributed by atoms with E-state index in [4.69, 9.17) is 25.1 Å². The van der Waals surface area contributed by atoms with Crippen molar-refractivity contribution in [2.24, 2.45) is 0 Å². The Morgan fingerprint density at radius 2 is 1.57 bits per heavy atom. The third-order valence-corrected chi connectivity index (χ3v) is 6.57. The van der Waals surface area contributed by atoms with Gasteiger partial charge in [0.05, 0.1) is 18.0 Å². The molecule has 0 spiro atoms.